The van der Waals surface area contributed by atoms with E-state index in [4.69, 9.17) is 5.73 Å². The van der Waals surface area contributed by atoms with Gasteiger partial charge in [0.2, 0.25) is 5.91 Å². The fraction of sp³-hybridized carbons (Fsp3) is 0.529. The number of Topliss-reactive ketones (excluding diaryl/α,β-unsaturated/α-hetero) is 1. The predicted molar refractivity (Wildman–Crippen MR) is 86.4 cm³/mol. The number of ketones is 1. The highest BCUT2D eigenvalue weighted by atomic mass is 32.1. The highest BCUT2D eigenvalue weighted by Crippen LogP contribution is 2.76. The van der Waals surface area contributed by atoms with E-state index in [0.29, 0.717) is 10.7 Å². The van der Waals surface area contributed by atoms with Crippen LogP contribution >= 0.6 is 11.3 Å². The van der Waals surface area contributed by atoms with Crippen molar-refractivity contribution in [2.75, 3.05) is 0 Å². The van der Waals surface area contributed by atoms with Crippen LogP contribution in [0.3, 0.4) is 0 Å². The molecular formula is C17H18N2O4S. The molecule has 3 aliphatic rings. The van der Waals surface area contributed by atoms with E-state index in [9.17, 15) is 19.5 Å². The summed E-state index contributed by atoms with van der Waals surface area (Å²) in [5.74, 6) is -2.81. The molecule has 4 rings (SSSR count). The minimum atomic E-state index is -1.16. The molecule has 6 nitrogen and oxygen atoms in total. The number of aliphatic carboxylic acids is 1. The summed E-state index contributed by atoms with van der Waals surface area (Å²) >= 11 is 1.29. The van der Waals surface area contributed by atoms with Gasteiger partial charge in [0.25, 0.3) is 0 Å². The number of nitrogens with zero attached hydrogens (tertiary/aromatic N) is 1. The molecule has 0 unspecified atom stereocenters. The number of nitrogens with two attached hydrogens (primary N) is 1. The highest BCUT2D eigenvalue weighted by molar-refractivity contribution is 7.09. The van der Waals surface area contributed by atoms with Crippen LogP contribution in [0.5, 0.6) is 0 Å². The van der Waals surface area contributed by atoms with Gasteiger partial charge >= 0.3 is 5.97 Å². The fourth-order valence-corrected chi connectivity index (χ4v) is 5.98. The number of carboxylic acids is 1. The maximum absolute atomic E-state index is 12.5. The third-order valence-electron chi connectivity index (χ3n) is 6.17. The van der Waals surface area contributed by atoms with Gasteiger partial charge in [-0.25, -0.2) is 4.98 Å². The molecule has 7 heteroatoms. The molecule has 4 atom stereocenters. The molecule has 3 N–H and O–H groups in total. The topological polar surface area (TPSA) is 110 Å². The first-order chi connectivity index (χ1) is 11.3. The Bertz CT molecular complexity index is 794. The van der Waals surface area contributed by atoms with Gasteiger partial charge < -0.3 is 10.8 Å². The third kappa shape index (κ3) is 1.76. The third-order valence-corrected chi connectivity index (χ3v) is 7.02. The Morgan fingerprint density at radius 3 is 2.58 bits per heavy atom. The number of aromatic nitrogens is 1. The van der Waals surface area contributed by atoms with Gasteiger partial charge in [-0.15, -0.1) is 11.3 Å². The monoisotopic (exact) mass is 346 g/mol. The van der Waals surface area contributed by atoms with E-state index < -0.39 is 23.2 Å². The Kier molecular flexibility index (Phi) is 3.07. The van der Waals surface area contributed by atoms with Crippen molar-refractivity contribution < 1.29 is 19.5 Å². The highest BCUT2D eigenvalue weighted by Gasteiger charge is 2.76. The molecule has 2 bridgehead atoms. The molecule has 126 valence electrons. The van der Waals surface area contributed by atoms with Crippen LogP contribution < -0.4 is 5.73 Å². The summed E-state index contributed by atoms with van der Waals surface area (Å²) in [7, 11) is 0. The second kappa shape index (κ2) is 4.75. The van der Waals surface area contributed by atoms with Crippen molar-refractivity contribution in [1.82, 2.24) is 4.98 Å². The molecule has 1 aromatic heterocycles. The van der Waals surface area contributed by atoms with Crippen LogP contribution in [0.2, 0.25) is 0 Å². The molecule has 2 fully saturated rings. The molecule has 1 aromatic rings. The summed E-state index contributed by atoms with van der Waals surface area (Å²) in [6, 6.07) is 0. The van der Waals surface area contributed by atoms with Crippen LogP contribution in [-0.4, -0.2) is 27.8 Å². The molecule has 0 radical (unpaired) electrons. The van der Waals surface area contributed by atoms with Crippen molar-refractivity contribution in [3.63, 3.8) is 0 Å². The van der Waals surface area contributed by atoms with E-state index in [1.165, 1.54) is 18.3 Å². The zero-order valence-corrected chi connectivity index (χ0v) is 14.0. The van der Waals surface area contributed by atoms with Gasteiger partial charge in [-0.1, -0.05) is 12.2 Å². The molecule has 1 spiro atoms. The standard InChI is InChI=1S/C17H18N2O4S/c1-8(20)10-7-24-12(19-10)6-17(15(18)23)11-3-2-9(13(17)14(21)22)16(11)4-5-16/h2-3,7,9,11,13H,4-6H2,1H3,(H2,18,23)(H,21,22)/t9-,11+,13+,17-/m1/s1. The smallest absolute Gasteiger partial charge is 0.308 e. The van der Waals surface area contributed by atoms with Crippen LogP contribution in [0.4, 0.5) is 0 Å². The lowest BCUT2D eigenvalue weighted by molar-refractivity contribution is -0.153. The Hall–Kier alpha value is -2.02. The minimum absolute atomic E-state index is 0.112. The molecule has 1 heterocycles. The largest absolute Gasteiger partial charge is 0.481 e. The number of carbonyl (C=O) groups excluding carboxylic acids is 2. The van der Waals surface area contributed by atoms with E-state index in [1.54, 1.807) is 5.38 Å². The van der Waals surface area contributed by atoms with Crippen LogP contribution in [0, 0.1) is 28.6 Å². The second-order valence-corrected chi connectivity index (χ2v) is 8.14. The summed E-state index contributed by atoms with van der Waals surface area (Å²) in [6.45, 7) is 1.43. The number of hydrogen-bond acceptors (Lipinski definition) is 5. The van der Waals surface area contributed by atoms with Gasteiger partial charge in [-0.05, 0) is 30.1 Å². The van der Waals surface area contributed by atoms with Crippen LogP contribution in [0.25, 0.3) is 0 Å². The average molecular weight is 346 g/mol. The summed E-state index contributed by atoms with van der Waals surface area (Å²) in [4.78, 5) is 40.3. The normalized spacial score (nSPS) is 34.6. The van der Waals surface area contributed by atoms with Crippen LogP contribution in [0.1, 0.15) is 35.3 Å². The molecule has 3 aliphatic carbocycles. The Balaban J connectivity index is 1.80. The first kappa shape index (κ1) is 15.5. The molecule has 0 saturated heterocycles. The zero-order valence-electron chi connectivity index (χ0n) is 13.2. The number of amides is 1. The minimum Gasteiger partial charge on any atom is -0.481 e. The first-order valence-corrected chi connectivity index (χ1v) is 8.87. The summed E-state index contributed by atoms with van der Waals surface area (Å²) in [5, 5.41) is 12.1. The number of carboxylic acid groups (broad SMARTS) is 1. The van der Waals surface area contributed by atoms with Gasteiger partial charge in [0, 0.05) is 18.7 Å². The molecular weight excluding hydrogens is 328 g/mol. The number of hydrogen-bond donors (Lipinski definition) is 2. The Labute approximate surface area is 142 Å². The van der Waals surface area contributed by atoms with Gasteiger partial charge in [-0.2, -0.15) is 0 Å². The summed E-state index contributed by atoms with van der Waals surface area (Å²) in [5.41, 5.74) is 4.86. The van der Waals surface area contributed by atoms with Gasteiger partial charge in [-0.3, -0.25) is 14.4 Å². The van der Waals surface area contributed by atoms with Crippen molar-refractivity contribution in [2.45, 2.75) is 26.2 Å². The fourth-order valence-electron chi connectivity index (χ4n) is 5.04. The van der Waals surface area contributed by atoms with Crippen LogP contribution in [0.15, 0.2) is 17.5 Å². The second-order valence-electron chi connectivity index (χ2n) is 7.20. The predicted octanol–water partition coefficient (Wildman–Crippen LogP) is 1.66. The number of carbonyl (C=O) groups is 3. The zero-order chi connectivity index (χ0) is 17.3. The van der Waals surface area contributed by atoms with E-state index in [1.807, 2.05) is 12.2 Å². The maximum Gasteiger partial charge on any atom is 0.308 e. The number of thiazole rings is 1. The van der Waals surface area contributed by atoms with Gasteiger partial charge in [0.15, 0.2) is 5.78 Å². The van der Waals surface area contributed by atoms with Crippen molar-refractivity contribution in [3.05, 3.63) is 28.2 Å². The van der Waals surface area contributed by atoms with E-state index in [-0.39, 0.29) is 29.5 Å². The SMILES string of the molecule is CC(=O)c1csc(C[C@]2(C(N)=O)[C@H](C(=O)O)[C@H]3C=C[C@H]2C32CC2)n1. The first-order valence-electron chi connectivity index (χ1n) is 7.99. The van der Waals surface area contributed by atoms with E-state index in [2.05, 4.69) is 4.98 Å². The number of allylic oxidation sites excluding steroid dienone is 2. The summed E-state index contributed by atoms with van der Waals surface area (Å²) in [6.07, 6.45) is 6.00. The van der Waals surface area contributed by atoms with Crippen molar-refractivity contribution in [3.8, 4) is 0 Å². The molecule has 24 heavy (non-hydrogen) atoms. The maximum atomic E-state index is 12.5. The number of rotatable bonds is 5. The molecule has 0 aromatic carbocycles. The number of primary amides is 1. The molecule has 2 saturated carbocycles. The van der Waals surface area contributed by atoms with Gasteiger partial charge in [0.1, 0.15) is 5.69 Å². The Morgan fingerprint density at radius 1 is 1.38 bits per heavy atom. The lowest BCUT2D eigenvalue weighted by Crippen LogP contribution is -2.50. The average Bonchev–Trinajstić information content (AvgIpc) is 2.92. The van der Waals surface area contributed by atoms with Crippen molar-refractivity contribution in [2.24, 2.45) is 34.3 Å². The lowest BCUT2D eigenvalue weighted by atomic mass is 9.65. The van der Waals surface area contributed by atoms with E-state index in [0.717, 1.165) is 12.8 Å². The molecule has 1 amide bonds. The van der Waals surface area contributed by atoms with Crippen molar-refractivity contribution in [1.29, 1.82) is 0 Å². The van der Waals surface area contributed by atoms with Gasteiger partial charge in [0.05, 0.1) is 16.3 Å². The Morgan fingerprint density at radius 2 is 2.08 bits per heavy atom. The van der Waals surface area contributed by atoms with E-state index >= 15 is 0 Å². The summed E-state index contributed by atoms with van der Waals surface area (Å²) < 4.78 is 0. The van der Waals surface area contributed by atoms with Crippen molar-refractivity contribution >= 4 is 29.0 Å². The quantitative estimate of drug-likeness (QED) is 0.622. The van der Waals surface area contributed by atoms with Crippen LogP contribution in [-0.2, 0) is 16.0 Å². The molecule has 0 aliphatic heterocycles. The lowest BCUT2D eigenvalue weighted by Gasteiger charge is -2.36.